The lowest BCUT2D eigenvalue weighted by Gasteiger charge is -2.40. The van der Waals surface area contributed by atoms with Crippen LogP contribution in [0.5, 0.6) is 5.75 Å². The molecule has 3 atom stereocenters. The van der Waals surface area contributed by atoms with Crippen LogP contribution in [0.2, 0.25) is 18.1 Å². The van der Waals surface area contributed by atoms with Crippen LogP contribution in [0.25, 0.3) is 0 Å². The minimum absolute atomic E-state index is 0.0398. The quantitative estimate of drug-likeness (QED) is 0.0950. The Hall–Kier alpha value is -1.93. The van der Waals surface area contributed by atoms with Gasteiger partial charge in [0.15, 0.2) is 8.32 Å². The van der Waals surface area contributed by atoms with Gasteiger partial charge in [-0.3, -0.25) is 4.79 Å². The van der Waals surface area contributed by atoms with Crippen LogP contribution in [-0.2, 0) is 20.6 Å². The molecule has 6 nitrogen and oxygen atoms in total. The molecule has 1 aromatic carbocycles. The maximum atomic E-state index is 10.7. The summed E-state index contributed by atoms with van der Waals surface area (Å²) in [5.74, 6) is 0.0824. The van der Waals surface area contributed by atoms with E-state index in [9.17, 15) is 9.90 Å². The van der Waals surface area contributed by atoms with Crippen molar-refractivity contribution in [2.75, 3.05) is 7.11 Å². The van der Waals surface area contributed by atoms with E-state index < -0.39 is 20.4 Å². The van der Waals surface area contributed by atoms with Gasteiger partial charge in [0.2, 0.25) is 0 Å². The Morgan fingerprint density at radius 2 is 1.64 bits per heavy atom. The van der Waals surface area contributed by atoms with E-state index in [0.717, 1.165) is 49.8 Å². The van der Waals surface area contributed by atoms with Crippen LogP contribution in [0.1, 0.15) is 91.0 Å². The van der Waals surface area contributed by atoms with Gasteiger partial charge in [-0.15, -0.1) is 0 Å². The fourth-order valence-electron chi connectivity index (χ4n) is 3.87. The fourth-order valence-corrected chi connectivity index (χ4v) is 5.13. The van der Waals surface area contributed by atoms with Crippen molar-refractivity contribution in [3.05, 3.63) is 54.1 Å². The molecule has 0 amide bonds. The molecule has 1 aromatic rings. The highest BCUT2D eigenvalue weighted by atomic mass is 28.4. The Balaban J connectivity index is 2.94. The number of allylic oxidation sites excluding steroid dienone is 1. The SMILES string of the molecule is CC/C=C\C[C@H](OCc1ccc(OC)cc1)[C@@H](/C=C/[C@@H](O)CCCCCCCC(=O)O)O[Si](C)(C)C(C)(C)C. The van der Waals surface area contributed by atoms with E-state index in [-0.39, 0.29) is 23.7 Å². The molecule has 0 aliphatic rings. The monoisotopic (exact) mass is 562 g/mol. The van der Waals surface area contributed by atoms with Gasteiger partial charge in [0.25, 0.3) is 0 Å². The molecule has 0 spiro atoms. The van der Waals surface area contributed by atoms with E-state index >= 15 is 0 Å². The van der Waals surface area contributed by atoms with E-state index in [1.165, 1.54) is 0 Å². The number of aliphatic carboxylic acids is 1. The number of aliphatic hydroxyl groups is 1. The molecule has 39 heavy (non-hydrogen) atoms. The van der Waals surface area contributed by atoms with Gasteiger partial charge in [-0.25, -0.2) is 0 Å². The lowest BCUT2D eigenvalue weighted by molar-refractivity contribution is -0.137. The maximum Gasteiger partial charge on any atom is 0.303 e. The first kappa shape index (κ1) is 35.1. The first-order chi connectivity index (χ1) is 18.4. The molecule has 0 saturated carbocycles. The van der Waals surface area contributed by atoms with E-state index in [4.69, 9.17) is 19.0 Å². The van der Waals surface area contributed by atoms with Crippen molar-refractivity contribution in [3.8, 4) is 5.75 Å². The standard InChI is InChI=1S/C32H54O6Si/c1-8-9-13-17-29(37-25-26-19-22-28(36-5)23-20-26)30(38-39(6,7)32(2,3)4)24-21-27(33)16-14-11-10-12-15-18-31(34)35/h9,13,19-24,27,29-30,33H,8,10-12,14-18,25H2,1-7H3,(H,34,35)/b13-9-,24-21+/t27-,29-,30+/m0/s1. The second-order valence-electron chi connectivity index (χ2n) is 11.8. The lowest BCUT2D eigenvalue weighted by Crippen LogP contribution is -2.47. The summed E-state index contributed by atoms with van der Waals surface area (Å²) in [6.07, 6.45) is 14.3. The molecule has 0 radical (unpaired) electrons. The third-order valence-corrected chi connectivity index (χ3v) is 11.9. The van der Waals surface area contributed by atoms with Gasteiger partial charge >= 0.3 is 5.97 Å². The van der Waals surface area contributed by atoms with Crippen LogP contribution in [0, 0.1) is 0 Å². The molecule has 0 aliphatic carbocycles. The van der Waals surface area contributed by atoms with Crippen LogP contribution < -0.4 is 4.74 Å². The average Bonchev–Trinajstić information content (AvgIpc) is 2.87. The van der Waals surface area contributed by atoms with Crippen molar-refractivity contribution in [1.29, 1.82) is 0 Å². The normalized spacial score (nSPS) is 15.1. The number of aliphatic hydroxyl groups excluding tert-OH is 1. The van der Waals surface area contributed by atoms with Gasteiger partial charge in [-0.1, -0.05) is 89.8 Å². The molecule has 2 N–H and O–H groups in total. The molecule has 0 saturated heterocycles. The zero-order valence-corrected chi connectivity index (χ0v) is 26.4. The van der Waals surface area contributed by atoms with E-state index in [1.807, 2.05) is 36.4 Å². The van der Waals surface area contributed by atoms with E-state index in [2.05, 4.69) is 52.9 Å². The van der Waals surface area contributed by atoms with E-state index in [1.54, 1.807) is 7.11 Å². The topological polar surface area (TPSA) is 85.2 Å². The Kier molecular flexibility index (Phi) is 16.6. The number of hydrogen-bond donors (Lipinski definition) is 2. The summed E-state index contributed by atoms with van der Waals surface area (Å²) in [7, 11) is -0.458. The second kappa shape index (κ2) is 18.4. The number of methoxy groups -OCH3 is 1. The molecule has 0 aliphatic heterocycles. The van der Waals surface area contributed by atoms with Crippen molar-refractivity contribution in [2.45, 2.75) is 129 Å². The third kappa shape index (κ3) is 14.9. The summed E-state index contributed by atoms with van der Waals surface area (Å²) in [6.45, 7) is 13.8. The van der Waals surface area contributed by atoms with Crippen LogP contribution in [-0.4, -0.2) is 49.9 Å². The van der Waals surface area contributed by atoms with Gasteiger partial charge in [0, 0.05) is 6.42 Å². The summed E-state index contributed by atoms with van der Waals surface area (Å²) < 4.78 is 18.6. The first-order valence-corrected chi connectivity index (χ1v) is 17.5. The first-order valence-electron chi connectivity index (χ1n) is 14.5. The third-order valence-electron chi connectivity index (χ3n) is 7.41. The maximum absolute atomic E-state index is 10.7. The lowest BCUT2D eigenvalue weighted by atomic mass is 10.0. The number of carboxylic acids is 1. The highest BCUT2D eigenvalue weighted by molar-refractivity contribution is 6.74. The van der Waals surface area contributed by atoms with Gasteiger partial charge in [-0.05, 0) is 61.5 Å². The molecule has 0 unspecified atom stereocenters. The van der Waals surface area contributed by atoms with Crippen molar-refractivity contribution in [1.82, 2.24) is 0 Å². The Morgan fingerprint density at radius 3 is 2.23 bits per heavy atom. The molecule has 0 heterocycles. The summed E-state index contributed by atoms with van der Waals surface area (Å²) in [5.41, 5.74) is 1.07. The molecular weight excluding hydrogens is 508 g/mol. The van der Waals surface area contributed by atoms with Gasteiger partial charge in [0.1, 0.15) is 5.75 Å². The number of ether oxygens (including phenoxy) is 2. The average molecular weight is 563 g/mol. The summed E-state index contributed by atoms with van der Waals surface area (Å²) in [4.78, 5) is 10.6. The molecule has 7 heteroatoms. The molecule has 0 fully saturated rings. The zero-order valence-electron chi connectivity index (χ0n) is 25.4. The minimum Gasteiger partial charge on any atom is -0.497 e. The highest BCUT2D eigenvalue weighted by Crippen LogP contribution is 2.38. The largest absolute Gasteiger partial charge is 0.497 e. The Bertz CT molecular complexity index is 856. The van der Waals surface area contributed by atoms with Gasteiger partial charge < -0.3 is 24.1 Å². The summed E-state index contributed by atoms with van der Waals surface area (Å²) in [5, 5.41) is 19.5. The second-order valence-corrected chi connectivity index (χ2v) is 16.6. The molecule has 1 rings (SSSR count). The number of benzene rings is 1. The smallest absolute Gasteiger partial charge is 0.303 e. The number of hydrogen-bond acceptors (Lipinski definition) is 5. The van der Waals surface area contributed by atoms with Crippen LogP contribution in [0.4, 0.5) is 0 Å². The molecular formula is C32H54O6Si. The van der Waals surface area contributed by atoms with Crippen molar-refractivity contribution >= 4 is 14.3 Å². The molecule has 0 aromatic heterocycles. The van der Waals surface area contributed by atoms with Gasteiger partial charge in [-0.2, -0.15) is 0 Å². The predicted octanol–water partition coefficient (Wildman–Crippen LogP) is 8.06. The summed E-state index contributed by atoms with van der Waals surface area (Å²) >= 11 is 0. The number of rotatable bonds is 20. The van der Waals surface area contributed by atoms with Crippen molar-refractivity contribution < 1.29 is 28.9 Å². The molecule has 0 bridgehead atoms. The number of carbonyl (C=O) groups is 1. The van der Waals surface area contributed by atoms with E-state index in [0.29, 0.717) is 19.4 Å². The zero-order chi connectivity index (χ0) is 29.3. The number of carboxylic acid groups (broad SMARTS) is 1. The van der Waals surface area contributed by atoms with Crippen molar-refractivity contribution in [2.24, 2.45) is 0 Å². The Labute approximate surface area is 238 Å². The van der Waals surface area contributed by atoms with Gasteiger partial charge in [0.05, 0.1) is 32.0 Å². The number of unbranched alkanes of at least 4 members (excludes halogenated alkanes) is 4. The van der Waals surface area contributed by atoms with Crippen molar-refractivity contribution in [3.63, 3.8) is 0 Å². The molecule has 222 valence electrons. The van der Waals surface area contributed by atoms with Crippen LogP contribution >= 0.6 is 0 Å². The Morgan fingerprint density at radius 1 is 1.00 bits per heavy atom. The minimum atomic E-state index is -2.12. The fraction of sp³-hybridized carbons (Fsp3) is 0.656. The van der Waals surface area contributed by atoms with Crippen LogP contribution in [0.3, 0.4) is 0 Å². The highest BCUT2D eigenvalue weighted by Gasteiger charge is 2.40. The summed E-state index contributed by atoms with van der Waals surface area (Å²) in [6, 6.07) is 7.92. The van der Waals surface area contributed by atoms with Crippen LogP contribution in [0.15, 0.2) is 48.6 Å². The predicted molar refractivity (Wildman–Crippen MR) is 163 cm³/mol.